The van der Waals surface area contributed by atoms with Crippen molar-refractivity contribution in [3.05, 3.63) is 143 Å². The smallest absolute Gasteiger partial charge is 0.258 e. The van der Waals surface area contributed by atoms with Crippen LogP contribution in [0.2, 0.25) is 20.1 Å². The number of rotatable bonds is 9. The monoisotopic (exact) mass is 1170 g/mol. The predicted octanol–water partition coefficient (Wildman–Crippen LogP) is 10.7. The molecule has 1 aliphatic rings. The molecule has 0 bridgehead atoms. The number of fused-ring (bicyclic) bond motifs is 6. The maximum atomic E-state index is 13.2. The van der Waals surface area contributed by atoms with Crippen molar-refractivity contribution in [2.75, 3.05) is 43.5 Å². The number of aryl methyl sites for hydroxylation is 4. The first-order chi connectivity index (χ1) is 30.3. The first-order valence-electron chi connectivity index (χ1n) is 20.0. The average molecular weight is 1170 g/mol. The number of nitrogens with one attached hydrogen (secondary N) is 4. The summed E-state index contributed by atoms with van der Waals surface area (Å²) in [5.41, 5.74) is 6.46. The Labute approximate surface area is 431 Å². The summed E-state index contributed by atoms with van der Waals surface area (Å²) in [4.78, 5) is 43.6. The normalized spacial score (nSPS) is 13.4. The topological polar surface area (TPSA) is 158 Å². The van der Waals surface area contributed by atoms with Crippen LogP contribution in [-0.4, -0.2) is 71.9 Å². The number of benzene rings is 4. The van der Waals surface area contributed by atoms with E-state index in [1.165, 1.54) is 6.08 Å². The number of halogens is 4. The van der Waals surface area contributed by atoms with Crippen molar-refractivity contribution in [2.45, 2.75) is 27.4 Å². The summed E-state index contributed by atoms with van der Waals surface area (Å²) in [6.45, 7) is 11.7. The van der Waals surface area contributed by atoms with Gasteiger partial charge in [-0.25, -0.2) is 9.97 Å². The fourth-order valence-electron chi connectivity index (χ4n) is 7.91. The molecule has 0 aliphatic carbocycles. The molecular formula is C47H47AcCl4N9O4. The average Bonchev–Trinajstić information content (AvgIpc) is 3.77. The number of aromatic nitrogens is 6. The zero-order valence-corrected chi connectivity index (χ0v) is 43.1. The van der Waals surface area contributed by atoms with Crippen LogP contribution < -0.4 is 21.8 Å². The summed E-state index contributed by atoms with van der Waals surface area (Å²) in [5, 5.41) is 21.2. The molecule has 1 aliphatic heterocycles. The zero-order valence-electron chi connectivity index (χ0n) is 35.3. The molecule has 0 amide bonds. The van der Waals surface area contributed by atoms with E-state index in [1.54, 1.807) is 41.0 Å². The van der Waals surface area contributed by atoms with E-state index in [9.17, 15) is 14.7 Å². The SMILES string of the molecule is C.C=CC(O)c1[nH]c(=O)c2c(ccc3nc(Nc4c(Cl)cccc4Cl)n(C)c32)c1C.Cc1c(/C=C/CN2CCOCC2)[nH]c(=O)c2c1ccc1nc(Nc3c(Cl)cccc3Cl)n(C)c12.[Ac]. The van der Waals surface area contributed by atoms with Crippen molar-refractivity contribution in [1.29, 1.82) is 0 Å². The van der Waals surface area contributed by atoms with Crippen LogP contribution in [0, 0.1) is 57.9 Å². The molecule has 1 unspecified atom stereocenters. The third kappa shape index (κ3) is 9.94. The molecule has 65 heavy (non-hydrogen) atoms. The summed E-state index contributed by atoms with van der Waals surface area (Å²) in [7, 11) is 3.68. The zero-order chi connectivity index (χ0) is 44.7. The Morgan fingerprint density at radius 2 is 1.23 bits per heavy atom. The van der Waals surface area contributed by atoms with E-state index in [2.05, 4.69) is 48.1 Å². The maximum absolute atomic E-state index is 13.2. The number of H-pyrrole nitrogens is 2. The van der Waals surface area contributed by atoms with Gasteiger partial charge in [-0.2, -0.15) is 0 Å². The Balaban J connectivity index is 0.000000211. The molecule has 335 valence electrons. The molecule has 9 rings (SSSR count). The molecule has 8 aromatic rings. The summed E-state index contributed by atoms with van der Waals surface area (Å²) in [6.07, 6.45) is 4.51. The minimum Gasteiger partial charge on any atom is -0.383 e. The predicted molar refractivity (Wildman–Crippen MR) is 265 cm³/mol. The van der Waals surface area contributed by atoms with Crippen molar-refractivity contribution in [1.82, 2.24) is 34.0 Å². The Morgan fingerprint density at radius 1 is 0.769 bits per heavy atom. The van der Waals surface area contributed by atoms with Crippen LogP contribution in [0.5, 0.6) is 0 Å². The van der Waals surface area contributed by atoms with E-state index in [-0.39, 0.29) is 62.6 Å². The Bertz CT molecular complexity index is 3210. The second kappa shape index (κ2) is 21.2. The molecule has 1 radical (unpaired) electrons. The van der Waals surface area contributed by atoms with E-state index >= 15 is 0 Å². The number of aliphatic hydroxyl groups excluding tert-OH is 1. The number of morpholine rings is 1. The summed E-state index contributed by atoms with van der Waals surface area (Å²) in [6, 6.07) is 18.1. The Kier molecular flexibility index (Phi) is 16.4. The van der Waals surface area contributed by atoms with Gasteiger partial charge in [0.1, 0.15) is 6.10 Å². The molecule has 13 nitrogen and oxygen atoms in total. The number of nitrogens with zero attached hydrogens (tertiary/aromatic N) is 5. The van der Waals surface area contributed by atoms with Gasteiger partial charge in [0.05, 0.1) is 83.2 Å². The Morgan fingerprint density at radius 3 is 1.71 bits per heavy atom. The van der Waals surface area contributed by atoms with Crippen LogP contribution in [0.15, 0.2) is 89.0 Å². The van der Waals surface area contributed by atoms with Gasteiger partial charge in [0.15, 0.2) is 0 Å². The summed E-state index contributed by atoms with van der Waals surface area (Å²) in [5.74, 6) is 1.04. The quantitative estimate of drug-likeness (QED) is 0.0888. The second-order valence-electron chi connectivity index (χ2n) is 15.1. The van der Waals surface area contributed by atoms with Gasteiger partial charge in [-0.15, -0.1) is 6.58 Å². The van der Waals surface area contributed by atoms with Crippen LogP contribution in [0.1, 0.15) is 36.0 Å². The van der Waals surface area contributed by atoms with Crippen molar-refractivity contribution in [2.24, 2.45) is 14.1 Å². The van der Waals surface area contributed by atoms with Gasteiger partial charge < -0.3 is 39.6 Å². The van der Waals surface area contributed by atoms with Gasteiger partial charge in [-0.1, -0.05) is 90.2 Å². The molecule has 1 atom stereocenters. The number of aromatic amines is 2. The van der Waals surface area contributed by atoms with Crippen molar-refractivity contribution in [3.63, 3.8) is 0 Å². The number of anilines is 4. The molecule has 5 heterocycles. The largest absolute Gasteiger partial charge is 0.383 e. The maximum Gasteiger partial charge on any atom is 0.258 e. The van der Waals surface area contributed by atoms with E-state index in [1.807, 2.05) is 62.9 Å². The number of hydrogen-bond acceptors (Lipinski definition) is 9. The summed E-state index contributed by atoms with van der Waals surface area (Å²) < 4.78 is 9.05. The fraction of sp³-hybridized carbons (Fsp3) is 0.234. The van der Waals surface area contributed by atoms with Crippen molar-refractivity contribution in [3.8, 4) is 0 Å². The van der Waals surface area contributed by atoms with Gasteiger partial charge in [-0.3, -0.25) is 14.5 Å². The first kappa shape index (κ1) is 50.2. The van der Waals surface area contributed by atoms with Gasteiger partial charge in [0.25, 0.3) is 11.1 Å². The molecule has 1 saturated heterocycles. The number of ether oxygens (including phenoxy) is 1. The van der Waals surface area contributed by atoms with Gasteiger partial charge in [0, 0.05) is 83.5 Å². The molecule has 4 aromatic carbocycles. The van der Waals surface area contributed by atoms with E-state index in [4.69, 9.17) is 51.1 Å². The second-order valence-corrected chi connectivity index (χ2v) is 16.8. The van der Waals surface area contributed by atoms with E-state index in [0.717, 1.165) is 66.0 Å². The molecule has 0 saturated carbocycles. The summed E-state index contributed by atoms with van der Waals surface area (Å²) >= 11 is 25.2. The molecule has 1 fully saturated rings. The standard InChI is InChI=1S/C25H25Cl2N5O2.C21H18Cl2N4O2.CH4.Ac/c1-15-16-8-9-20-23(31(2)25(29-20)30-22-17(26)5-3-6-18(22)27)21(16)24(33)28-19(15)7-4-10-32-11-13-34-14-12-32;1-4-15(28)17-10(2)11-8-9-14-19(16(11)20(29)25-17)27(3)21(24-14)26-18-12(22)6-5-7-13(18)23;;/h3-9H,10-14H2,1-2H3,(H,28,33)(H,29,30);4-9,15,28H,1H2,2-3H3,(H,24,26)(H,25,29);1H4;/b7-4+;;;. The molecular weight excluding hydrogens is 1120 g/mol. The van der Waals surface area contributed by atoms with Crippen molar-refractivity contribution >= 4 is 119 Å². The third-order valence-electron chi connectivity index (χ3n) is 11.3. The third-order valence-corrected chi connectivity index (χ3v) is 12.6. The number of imidazole rings is 2. The van der Waals surface area contributed by atoms with Gasteiger partial charge in [0.2, 0.25) is 11.9 Å². The molecule has 5 N–H and O–H groups in total. The van der Waals surface area contributed by atoms with Crippen LogP contribution in [0.4, 0.5) is 23.3 Å². The molecule has 0 spiro atoms. The number of aliphatic hydroxyl groups is 1. The van der Waals surface area contributed by atoms with E-state index in [0.29, 0.717) is 76.4 Å². The fourth-order valence-corrected chi connectivity index (χ4v) is 8.89. The van der Waals surface area contributed by atoms with Crippen LogP contribution in [0.3, 0.4) is 0 Å². The minimum atomic E-state index is -0.950. The minimum absolute atomic E-state index is 0. The first-order valence-corrected chi connectivity index (χ1v) is 21.5. The Hall–Kier alpha value is -4.20. The molecule has 4 aromatic heterocycles. The van der Waals surface area contributed by atoms with Crippen LogP contribution in [0.25, 0.3) is 49.7 Å². The number of pyridine rings is 2. The molecule has 18 heteroatoms. The van der Waals surface area contributed by atoms with Gasteiger partial charge >= 0.3 is 0 Å². The van der Waals surface area contributed by atoms with Gasteiger partial charge in [-0.05, 0) is 78.2 Å². The number of hydrogen-bond donors (Lipinski definition) is 5. The van der Waals surface area contributed by atoms with Crippen LogP contribution >= 0.6 is 46.4 Å². The number of para-hydroxylation sites is 2. The van der Waals surface area contributed by atoms with Crippen LogP contribution in [-0.2, 0) is 18.8 Å². The van der Waals surface area contributed by atoms with Crippen molar-refractivity contribution < 1.29 is 53.9 Å². The van der Waals surface area contributed by atoms with E-state index < -0.39 is 6.10 Å².